The van der Waals surface area contributed by atoms with E-state index in [-0.39, 0.29) is 12.3 Å². The molecule has 194 valence electrons. The number of carbonyl (C=O) groups excluding carboxylic acids is 4. The molecule has 1 fully saturated rings. The highest BCUT2D eigenvalue weighted by Crippen LogP contribution is 2.22. The van der Waals surface area contributed by atoms with Crippen molar-refractivity contribution in [3.63, 3.8) is 0 Å². The van der Waals surface area contributed by atoms with Gasteiger partial charge in [-0.15, -0.1) is 0 Å². The van der Waals surface area contributed by atoms with E-state index in [1.54, 1.807) is 20.8 Å². The standard InChI is InChI=1S/C26H39N3O6/c1-7-17(2)21(23(31)27-19(24(32)34-6)16-18-12-9-8-10-13-18)28-22(30)20-14-11-15-29(20)25(33)35-26(3,4)5/h8-10,12-13,17,19-21H,7,11,14-16H2,1-6H3,(H,27,31)(H,28,30). The van der Waals surface area contributed by atoms with Gasteiger partial charge in [0.15, 0.2) is 0 Å². The Balaban J connectivity index is 2.14. The molecule has 9 nitrogen and oxygen atoms in total. The molecular weight excluding hydrogens is 450 g/mol. The maximum Gasteiger partial charge on any atom is 0.410 e. The molecule has 9 heteroatoms. The van der Waals surface area contributed by atoms with Gasteiger partial charge < -0.3 is 20.1 Å². The summed E-state index contributed by atoms with van der Waals surface area (Å²) >= 11 is 0. The summed E-state index contributed by atoms with van der Waals surface area (Å²) in [6, 6.07) is 6.80. The number of hydrogen-bond donors (Lipinski definition) is 2. The van der Waals surface area contributed by atoms with Crippen molar-refractivity contribution in [2.45, 2.75) is 84.0 Å². The van der Waals surface area contributed by atoms with Gasteiger partial charge in [-0.1, -0.05) is 50.6 Å². The molecule has 3 amide bonds. The summed E-state index contributed by atoms with van der Waals surface area (Å²) < 4.78 is 10.3. The Morgan fingerprint density at radius 2 is 1.77 bits per heavy atom. The van der Waals surface area contributed by atoms with E-state index in [2.05, 4.69) is 10.6 Å². The van der Waals surface area contributed by atoms with Crippen molar-refractivity contribution in [1.29, 1.82) is 0 Å². The topological polar surface area (TPSA) is 114 Å². The van der Waals surface area contributed by atoms with Crippen LogP contribution in [0.4, 0.5) is 4.79 Å². The summed E-state index contributed by atoms with van der Waals surface area (Å²) in [6.07, 6.45) is 1.49. The lowest BCUT2D eigenvalue weighted by Crippen LogP contribution is -2.57. The molecule has 0 spiro atoms. The van der Waals surface area contributed by atoms with Crippen LogP contribution in [0.3, 0.4) is 0 Å². The molecule has 0 aliphatic carbocycles. The van der Waals surface area contributed by atoms with E-state index in [0.29, 0.717) is 25.8 Å². The van der Waals surface area contributed by atoms with Gasteiger partial charge in [0.25, 0.3) is 0 Å². The summed E-state index contributed by atoms with van der Waals surface area (Å²) in [5.41, 5.74) is 0.188. The highest BCUT2D eigenvalue weighted by molar-refractivity contribution is 5.93. The Labute approximate surface area is 207 Å². The average molecular weight is 490 g/mol. The monoisotopic (exact) mass is 489 g/mol. The van der Waals surface area contributed by atoms with Gasteiger partial charge in [-0.2, -0.15) is 0 Å². The third-order valence-electron chi connectivity index (χ3n) is 6.06. The Morgan fingerprint density at radius 3 is 2.34 bits per heavy atom. The number of carbonyl (C=O) groups is 4. The molecule has 1 saturated heterocycles. The molecule has 4 unspecified atom stereocenters. The number of nitrogens with one attached hydrogen (secondary N) is 2. The Bertz CT molecular complexity index is 883. The van der Waals surface area contributed by atoms with Crippen molar-refractivity contribution in [3.8, 4) is 0 Å². The quantitative estimate of drug-likeness (QED) is 0.516. The molecule has 0 bridgehead atoms. The highest BCUT2D eigenvalue weighted by atomic mass is 16.6. The van der Waals surface area contributed by atoms with E-state index in [1.165, 1.54) is 12.0 Å². The van der Waals surface area contributed by atoms with E-state index in [4.69, 9.17) is 9.47 Å². The molecule has 1 heterocycles. The number of amides is 3. The number of nitrogens with zero attached hydrogens (tertiary/aromatic N) is 1. The fraction of sp³-hybridized carbons (Fsp3) is 0.615. The molecule has 1 aliphatic heterocycles. The molecule has 35 heavy (non-hydrogen) atoms. The Hall–Kier alpha value is -3.10. The van der Waals surface area contributed by atoms with Crippen molar-refractivity contribution in [2.24, 2.45) is 5.92 Å². The second-order valence-corrected chi connectivity index (χ2v) is 9.98. The number of benzene rings is 1. The first-order valence-electron chi connectivity index (χ1n) is 12.2. The van der Waals surface area contributed by atoms with Gasteiger partial charge in [-0.25, -0.2) is 9.59 Å². The van der Waals surface area contributed by atoms with Crippen molar-refractivity contribution in [3.05, 3.63) is 35.9 Å². The Kier molecular flexibility index (Phi) is 10.1. The third-order valence-corrected chi connectivity index (χ3v) is 6.06. The predicted molar refractivity (Wildman–Crippen MR) is 131 cm³/mol. The van der Waals surface area contributed by atoms with Crippen LogP contribution in [0.15, 0.2) is 30.3 Å². The van der Waals surface area contributed by atoms with Gasteiger partial charge in [-0.3, -0.25) is 14.5 Å². The van der Waals surface area contributed by atoms with Gasteiger partial charge in [0.1, 0.15) is 23.7 Å². The Morgan fingerprint density at radius 1 is 1.11 bits per heavy atom. The normalized spacial score (nSPS) is 18.2. The first-order valence-corrected chi connectivity index (χ1v) is 12.2. The molecule has 0 aromatic heterocycles. The predicted octanol–water partition coefficient (Wildman–Crippen LogP) is 2.82. The lowest BCUT2D eigenvalue weighted by atomic mass is 9.96. The van der Waals surface area contributed by atoms with Crippen molar-refractivity contribution in [2.75, 3.05) is 13.7 Å². The molecular formula is C26H39N3O6. The summed E-state index contributed by atoms with van der Waals surface area (Å²) in [4.78, 5) is 52.9. The van der Waals surface area contributed by atoms with Crippen LogP contribution in [0.25, 0.3) is 0 Å². The maximum atomic E-state index is 13.3. The van der Waals surface area contributed by atoms with Gasteiger partial charge in [0, 0.05) is 13.0 Å². The van der Waals surface area contributed by atoms with Crippen LogP contribution in [0.2, 0.25) is 0 Å². The first-order chi connectivity index (χ1) is 16.5. The zero-order chi connectivity index (χ0) is 26.2. The van der Waals surface area contributed by atoms with E-state index in [1.807, 2.05) is 44.2 Å². The number of hydrogen-bond acceptors (Lipinski definition) is 6. The van der Waals surface area contributed by atoms with Crippen molar-refractivity contribution < 1.29 is 28.7 Å². The minimum atomic E-state index is -0.900. The highest BCUT2D eigenvalue weighted by Gasteiger charge is 2.39. The summed E-state index contributed by atoms with van der Waals surface area (Å²) in [5, 5.41) is 5.59. The van der Waals surface area contributed by atoms with Crippen LogP contribution in [0.5, 0.6) is 0 Å². The molecule has 1 aliphatic rings. The maximum absolute atomic E-state index is 13.3. The van der Waals surface area contributed by atoms with E-state index < -0.39 is 47.6 Å². The lowest BCUT2D eigenvalue weighted by molar-refractivity contribution is -0.145. The number of likely N-dealkylation sites (tertiary alicyclic amines) is 1. The van der Waals surface area contributed by atoms with E-state index in [9.17, 15) is 19.2 Å². The number of esters is 1. The second kappa shape index (κ2) is 12.6. The van der Waals surface area contributed by atoms with Crippen LogP contribution in [-0.2, 0) is 30.3 Å². The van der Waals surface area contributed by atoms with Gasteiger partial charge in [-0.05, 0) is 45.1 Å². The van der Waals surface area contributed by atoms with Gasteiger partial charge in [0.2, 0.25) is 11.8 Å². The van der Waals surface area contributed by atoms with Crippen LogP contribution in [-0.4, -0.2) is 66.2 Å². The smallest absolute Gasteiger partial charge is 0.410 e. The second-order valence-electron chi connectivity index (χ2n) is 9.98. The van der Waals surface area contributed by atoms with Crippen LogP contribution < -0.4 is 10.6 Å². The van der Waals surface area contributed by atoms with Crippen molar-refractivity contribution in [1.82, 2.24) is 15.5 Å². The van der Waals surface area contributed by atoms with Crippen molar-refractivity contribution >= 4 is 23.9 Å². The third kappa shape index (κ3) is 8.26. The van der Waals surface area contributed by atoms with Crippen LogP contribution >= 0.6 is 0 Å². The zero-order valence-electron chi connectivity index (χ0n) is 21.6. The summed E-state index contributed by atoms with van der Waals surface area (Å²) in [7, 11) is 1.27. The zero-order valence-corrected chi connectivity index (χ0v) is 21.6. The molecule has 0 radical (unpaired) electrons. The summed E-state index contributed by atoms with van der Waals surface area (Å²) in [6.45, 7) is 9.50. The molecule has 1 aromatic carbocycles. The van der Waals surface area contributed by atoms with Crippen LogP contribution in [0, 0.1) is 5.92 Å². The minimum absolute atomic E-state index is 0.203. The van der Waals surface area contributed by atoms with E-state index >= 15 is 0 Å². The SMILES string of the molecule is CCC(C)C(NC(=O)C1CCCN1C(=O)OC(C)(C)C)C(=O)NC(Cc1ccccc1)C(=O)OC. The van der Waals surface area contributed by atoms with Crippen LogP contribution in [0.1, 0.15) is 59.4 Å². The molecule has 1 aromatic rings. The molecule has 0 saturated carbocycles. The first kappa shape index (κ1) is 28.1. The van der Waals surface area contributed by atoms with E-state index in [0.717, 1.165) is 5.56 Å². The largest absolute Gasteiger partial charge is 0.467 e. The van der Waals surface area contributed by atoms with Gasteiger partial charge in [0.05, 0.1) is 7.11 Å². The molecule has 2 rings (SSSR count). The summed E-state index contributed by atoms with van der Waals surface area (Å²) in [5.74, 6) is -1.65. The lowest BCUT2D eigenvalue weighted by Gasteiger charge is -2.30. The van der Waals surface area contributed by atoms with Gasteiger partial charge >= 0.3 is 12.1 Å². The number of ether oxygens (including phenoxy) is 2. The average Bonchev–Trinajstić information content (AvgIpc) is 3.31. The minimum Gasteiger partial charge on any atom is -0.467 e. The fourth-order valence-corrected chi connectivity index (χ4v) is 3.98. The molecule has 4 atom stereocenters. The number of rotatable bonds is 9. The fourth-order valence-electron chi connectivity index (χ4n) is 3.98. The molecule has 2 N–H and O–H groups in total. The number of methoxy groups -OCH3 is 1.